The van der Waals surface area contributed by atoms with Gasteiger partial charge in [-0.1, -0.05) is 56.1 Å². The van der Waals surface area contributed by atoms with Crippen LogP contribution < -0.4 is 10.6 Å². The van der Waals surface area contributed by atoms with E-state index in [9.17, 15) is 9.59 Å². The Hall–Kier alpha value is -3.22. The highest BCUT2D eigenvalue weighted by Crippen LogP contribution is 2.29. The van der Waals surface area contributed by atoms with Gasteiger partial charge in [-0.2, -0.15) is 0 Å². The summed E-state index contributed by atoms with van der Waals surface area (Å²) in [7, 11) is 0. The van der Waals surface area contributed by atoms with Crippen LogP contribution in [0.15, 0.2) is 93.9 Å². The molecule has 0 radical (unpaired) electrons. The lowest BCUT2D eigenvalue weighted by atomic mass is 9.99. The summed E-state index contributed by atoms with van der Waals surface area (Å²) in [6.07, 6.45) is 0. The fraction of sp³-hybridized carbons (Fsp3) is 0.0714. The lowest BCUT2D eigenvalue weighted by molar-refractivity contribution is 0.101. The van der Waals surface area contributed by atoms with Crippen LogP contribution in [0.4, 0.5) is 11.4 Å². The largest absolute Gasteiger partial charge is 0.322 e. The van der Waals surface area contributed by atoms with Gasteiger partial charge in [-0.05, 0) is 96.8 Å². The van der Waals surface area contributed by atoms with Gasteiger partial charge in [0.2, 0.25) is 0 Å². The molecule has 0 fully saturated rings. The fourth-order valence-electron chi connectivity index (χ4n) is 3.62. The molecule has 0 atom stereocenters. The molecule has 2 amide bonds. The molecule has 4 rings (SSSR count). The second-order valence-corrected chi connectivity index (χ2v) is 9.82. The monoisotopic (exact) mass is 576 g/mol. The van der Waals surface area contributed by atoms with Crippen molar-refractivity contribution in [2.75, 3.05) is 10.6 Å². The Morgan fingerprint density at radius 2 is 1.00 bits per heavy atom. The van der Waals surface area contributed by atoms with Crippen LogP contribution in [0.25, 0.3) is 11.1 Å². The number of halogens is 2. The minimum Gasteiger partial charge on any atom is -0.322 e. The van der Waals surface area contributed by atoms with Crippen molar-refractivity contribution in [1.29, 1.82) is 0 Å². The highest BCUT2D eigenvalue weighted by molar-refractivity contribution is 9.10. The first-order chi connectivity index (χ1) is 16.3. The normalized spacial score (nSPS) is 10.6. The van der Waals surface area contributed by atoms with Crippen LogP contribution in [0.3, 0.4) is 0 Å². The van der Waals surface area contributed by atoms with E-state index in [2.05, 4.69) is 42.5 Å². The summed E-state index contributed by atoms with van der Waals surface area (Å²) in [5, 5.41) is 5.97. The highest BCUT2D eigenvalue weighted by atomic mass is 79.9. The number of hydrogen-bond acceptors (Lipinski definition) is 2. The number of benzene rings is 4. The summed E-state index contributed by atoms with van der Waals surface area (Å²) >= 11 is 6.80. The average molecular weight is 578 g/mol. The van der Waals surface area contributed by atoms with Crippen LogP contribution in [0, 0.1) is 13.8 Å². The minimum absolute atomic E-state index is 0.154. The van der Waals surface area contributed by atoms with Crippen molar-refractivity contribution in [2.24, 2.45) is 0 Å². The second-order valence-electron chi connectivity index (χ2n) is 7.99. The van der Waals surface area contributed by atoms with Crippen molar-refractivity contribution in [3.63, 3.8) is 0 Å². The van der Waals surface area contributed by atoms with E-state index in [1.54, 1.807) is 24.3 Å². The van der Waals surface area contributed by atoms with E-state index in [-0.39, 0.29) is 11.8 Å². The van der Waals surface area contributed by atoms with Crippen molar-refractivity contribution < 1.29 is 9.59 Å². The molecule has 4 nitrogen and oxygen atoms in total. The molecule has 6 heteroatoms. The maximum Gasteiger partial charge on any atom is 0.255 e. The molecule has 0 unspecified atom stereocenters. The molecule has 34 heavy (non-hydrogen) atoms. The predicted molar refractivity (Wildman–Crippen MR) is 146 cm³/mol. The molecule has 0 aliphatic heterocycles. The van der Waals surface area contributed by atoms with Crippen LogP contribution in [-0.4, -0.2) is 11.8 Å². The molecule has 4 aromatic rings. The SMILES string of the molecule is Cc1cc(-c2ccc(NC(=O)c3cccc(Br)c3)c(C)c2)ccc1NC(=O)c1cccc(Br)c1. The Kier molecular flexibility index (Phi) is 7.29. The summed E-state index contributed by atoms with van der Waals surface area (Å²) in [5.41, 5.74) is 6.71. The van der Waals surface area contributed by atoms with Gasteiger partial charge < -0.3 is 10.6 Å². The summed E-state index contributed by atoms with van der Waals surface area (Å²) in [4.78, 5) is 25.2. The lowest BCUT2D eigenvalue weighted by Gasteiger charge is -2.13. The van der Waals surface area contributed by atoms with Gasteiger partial charge in [0.15, 0.2) is 0 Å². The van der Waals surface area contributed by atoms with E-state index in [0.717, 1.165) is 42.6 Å². The zero-order chi connectivity index (χ0) is 24.2. The molecular formula is C28H22Br2N2O2. The number of aryl methyl sites for hydroxylation is 2. The van der Waals surface area contributed by atoms with Crippen molar-refractivity contribution >= 4 is 55.0 Å². The third-order valence-corrected chi connectivity index (χ3v) is 6.44. The van der Waals surface area contributed by atoms with E-state index in [1.165, 1.54) is 0 Å². The molecule has 0 heterocycles. The molecule has 0 spiro atoms. The Labute approximate surface area is 215 Å². The quantitative estimate of drug-likeness (QED) is 0.252. The highest BCUT2D eigenvalue weighted by Gasteiger charge is 2.11. The van der Waals surface area contributed by atoms with Gasteiger partial charge in [0, 0.05) is 31.4 Å². The van der Waals surface area contributed by atoms with Crippen molar-refractivity contribution in [1.82, 2.24) is 0 Å². The molecule has 0 saturated heterocycles. The first-order valence-corrected chi connectivity index (χ1v) is 12.2. The molecule has 0 aliphatic carbocycles. The molecule has 4 aromatic carbocycles. The third-order valence-electron chi connectivity index (χ3n) is 5.46. The number of nitrogens with one attached hydrogen (secondary N) is 2. The smallest absolute Gasteiger partial charge is 0.255 e. The Balaban J connectivity index is 1.50. The summed E-state index contributed by atoms with van der Waals surface area (Å²) in [6, 6.07) is 26.5. The number of anilines is 2. The summed E-state index contributed by atoms with van der Waals surface area (Å²) < 4.78 is 1.72. The zero-order valence-electron chi connectivity index (χ0n) is 18.7. The first kappa shape index (κ1) is 23.9. The molecule has 0 bridgehead atoms. The zero-order valence-corrected chi connectivity index (χ0v) is 21.8. The van der Waals surface area contributed by atoms with Gasteiger partial charge in [-0.15, -0.1) is 0 Å². The summed E-state index contributed by atoms with van der Waals surface area (Å²) in [5.74, 6) is -0.308. The van der Waals surface area contributed by atoms with Crippen LogP contribution >= 0.6 is 31.9 Å². The number of carbonyl (C=O) groups is 2. The molecular weight excluding hydrogens is 556 g/mol. The van der Waals surface area contributed by atoms with Crippen LogP contribution in [-0.2, 0) is 0 Å². The predicted octanol–water partition coefficient (Wildman–Crippen LogP) is 8.00. The van der Waals surface area contributed by atoms with Crippen LogP contribution in [0.1, 0.15) is 31.8 Å². The minimum atomic E-state index is -0.154. The molecule has 0 aromatic heterocycles. The van der Waals surface area contributed by atoms with E-state index in [0.29, 0.717) is 11.1 Å². The summed E-state index contributed by atoms with van der Waals surface area (Å²) in [6.45, 7) is 3.94. The van der Waals surface area contributed by atoms with Gasteiger partial charge in [0.25, 0.3) is 11.8 Å². The van der Waals surface area contributed by atoms with Crippen molar-refractivity contribution in [2.45, 2.75) is 13.8 Å². The second kappa shape index (κ2) is 10.4. The number of hydrogen-bond donors (Lipinski definition) is 2. The molecule has 170 valence electrons. The fourth-order valence-corrected chi connectivity index (χ4v) is 4.41. The number of carbonyl (C=O) groups excluding carboxylic acids is 2. The van der Waals surface area contributed by atoms with Crippen molar-refractivity contribution in [3.8, 4) is 11.1 Å². The van der Waals surface area contributed by atoms with Crippen LogP contribution in [0.2, 0.25) is 0 Å². The third kappa shape index (κ3) is 5.64. The number of rotatable bonds is 5. The Bertz CT molecular complexity index is 1290. The first-order valence-electron chi connectivity index (χ1n) is 10.7. The van der Waals surface area contributed by atoms with Gasteiger partial charge in [-0.3, -0.25) is 9.59 Å². The van der Waals surface area contributed by atoms with Crippen LogP contribution in [0.5, 0.6) is 0 Å². The molecule has 0 aliphatic rings. The Morgan fingerprint density at radius 1 is 0.588 bits per heavy atom. The maximum atomic E-state index is 12.6. The van der Waals surface area contributed by atoms with Gasteiger partial charge in [0.1, 0.15) is 0 Å². The maximum absolute atomic E-state index is 12.6. The van der Waals surface area contributed by atoms with Crippen molar-refractivity contribution in [3.05, 3.63) is 116 Å². The average Bonchev–Trinajstić information content (AvgIpc) is 2.81. The lowest BCUT2D eigenvalue weighted by Crippen LogP contribution is -2.13. The van der Waals surface area contributed by atoms with E-state index in [4.69, 9.17) is 0 Å². The molecule has 2 N–H and O–H groups in total. The van der Waals surface area contributed by atoms with Gasteiger partial charge >= 0.3 is 0 Å². The molecule has 0 saturated carbocycles. The van der Waals surface area contributed by atoms with E-state index < -0.39 is 0 Å². The Morgan fingerprint density at radius 3 is 1.35 bits per heavy atom. The van der Waals surface area contributed by atoms with Gasteiger partial charge in [-0.25, -0.2) is 0 Å². The van der Waals surface area contributed by atoms with E-state index >= 15 is 0 Å². The van der Waals surface area contributed by atoms with E-state index in [1.807, 2.05) is 74.5 Å². The standard InChI is InChI=1S/C28H22Br2N2O2/c1-17-13-19(9-11-25(17)31-27(33)21-5-3-7-23(29)15-21)20-10-12-26(18(2)14-20)32-28(34)22-6-4-8-24(30)16-22/h3-16H,1-2H3,(H,31,33)(H,32,34). The topological polar surface area (TPSA) is 58.2 Å². The number of amides is 2. The van der Waals surface area contributed by atoms with Gasteiger partial charge in [0.05, 0.1) is 0 Å².